The number of allylic oxidation sites excluding steroid dienone is 2. The molecule has 0 radical (unpaired) electrons. The van der Waals surface area contributed by atoms with Crippen molar-refractivity contribution < 1.29 is 28.7 Å². The van der Waals surface area contributed by atoms with E-state index in [9.17, 15) is 19.2 Å². The highest BCUT2D eigenvalue weighted by atomic mass is 16.7. The third-order valence-corrected chi connectivity index (χ3v) is 8.10. The molecule has 3 aliphatic rings. The van der Waals surface area contributed by atoms with Crippen LogP contribution in [-0.2, 0) is 20.9 Å². The molecule has 2 heterocycles. The largest absolute Gasteiger partial charge is 0.454 e. The highest BCUT2D eigenvalue weighted by molar-refractivity contribution is 6.52. The minimum Gasteiger partial charge on any atom is -0.454 e. The van der Waals surface area contributed by atoms with Crippen LogP contribution in [-0.4, -0.2) is 47.8 Å². The summed E-state index contributed by atoms with van der Waals surface area (Å²) in [6, 6.07) is 18.7. The molecule has 6 rings (SSSR count). The molecular weight excluding hydrogens is 534 g/mol. The van der Waals surface area contributed by atoms with E-state index in [-0.39, 0.29) is 37.3 Å². The summed E-state index contributed by atoms with van der Waals surface area (Å²) in [6.45, 7) is 1.89. The van der Waals surface area contributed by atoms with Gasteiger partial charge in [-0.3, -0.25) is 24.1 Å². The zero-order chi connectivity index (χ0) is 29.2. The Labute approximate surface area is 243 Å². The van der Waals surface area contributed by atoms with Gasteiger partial charge in [-0.2, -0.15) is 0 Å². The lowest BCUT2D eigenvalue weighted by Gasteiger charge is -2.38. The molecule has 1 aliphatic carbocycles. The lowest BCUT2D eigenvalue weighted by Crippen LogP contribution is -2.54. The number of benzene rings is 3. The van der Waals surface area contributed by atoms with Crippen molar-refractivity contribution >= 4 is 34.9 Å². The maximum Gasteiger partial charge on any atom is 0.299 e. The van der Waals surface area contributed by atoms with Gasteiger partial charge in [0.2, 0.25) is 18.6 Å². The van der Waals surface area contributed by atoms with Crippen molar-refractivity contribution in [1.82, 2.24) is 4.90 Å². The second-order valence-electron chi connectivity index (χ2n) is 10.7. The zero-order valence-corrected chi connectivity index (χ0v) is 23.2. The number of amides is 3. The van der Waals surface area contributed by atoms with Crippen LogP contribution in [0.15, 0.2) is 78.9 Å². The average Bonchev–Trinajstić information content (AvgIpc) is 3.57. The summed E-state index contributed by atoms with van der Waals surface area (Å²) in [5, 5.41) is 3.00. The van der Waals surface area contributed by atoms with E-state index in [1.807, 2.05) is 37.3 Å². The predicted molar refractivity (Wildman–Crippen MR) is 156 cm³/mol. The van der Waals surface area contributed by atoms with Crippen molar-refractivity contribution in [1.29, 1.82) is 0 Å². The quantitative estimate of drug-likeness (QED) is 0.315. The number of nitrogens with zero attached hydrogens (tertiary/aromatic N) is 2. The highest BCUT2D eigenvalue weighted by Crippen LogP contribution is 2.35. The number of hydrogen-bond donors (Lipinski definition) is 1. The number of carbonyl (C=O) groups excluding carboxylic acids is 4. The first-order valence-corrected chi connectivity index (χ1v) is 14.1. The van der Waals surface area contributed by atoms with Gasteiger partial charge in [0.15, 0.2) is 11.5 Å². The van der Waals surface area contributed by atoms with Crippen LogP contribution in [0.3, 0.4) is 0 Å². The number of Topliss-reactive ketones (excluding diaryl/α,β-unsaturated/α-hetero) is 1. The number of ketones is 1. The number of nitrogens with one attached hydrogen (secondary N) is 1. The van der Waals surface area contributed by atoms with Crippen molar-refractivity contribution in [3.63, 3.8) is 0 Å². The van der Waals surface area contributed by atoms with E-state index in [4.69, 9.17) is 9.47 Å². The maximum absolute atomic E-state index is 14.3. The summed E-state index contributed by atoms with van der Waals surface area (Å²) < 4.78 is 10.9. The van der Waals surface area contributed by atoms with E-state index in [0.717, 1.165) is 24.0 Å². The van der Waals surface area contributed by atoms with Crippen LogP contribution in [0.5, 0.6) is 11.5 Å². The van der Waals surface area contributed by atoms with Gasteiger partial charge >= 0.3 is 0 Å². The van der Waals surface area contributed by atoms with Crippen LogP contribution in [0.1, 0.15) is 40.7 Å². The van der Waals surface area contributed by atoms with Crippen LogP contribution in [0.25, 0.3) is 0 Å². The first-order valence-electron chi connectivity index (χ1n) is 14.1. The van der Waals surface area contributed by atoms with E-state index in [0.29, 0.717) is 29.3 Å². The number of anilines is 2. The molecule has 214 valence electrons. The first-order chi connectivity index (χ1) is 20.4. The Balaban J connectivity index is 1.35. The van der Waals surface area contributed by atoms with Crippen molar-refractivity contribution in [2.45, 2.75) is 38.8 Å². The second-order valence-corrected chi connectivity index (χ2v) is 10.7. The molecule has 1 N–H and O–H groups in total. The lowest BCUT2D eigenvalue weighted by molar-refractivity contribution is -0.140. The van der Waals surface area contributed by atoms with Gasteiger partial charge in [-0.1, -0.05) is 48.6 Å². The molecule has 3 aromatic rings. The third-order valence-electron chi connectivity index (χ3n) is 8.10. The Morgan fingerprint density at radius 2 is 1.79 bits per heavy atom. The zero-order valence-electron chi connectivity index (χ0n) is 23.2. The summed E-state index contributed by atoms with van der Waals surface area (Å²) in [6.07, 6.45) is 6.27. The monoisotopic (exact) mass is 565 g/mol. The molecule has 0 saturated carbocycles. The van der Waals surface area contributed by atoms with Crippen molar-refractivity contribution in [3.8, 4) is 11.5 Å². The van der Waals surface area contributed by atoms with E-state index in [1.54, 1.807) is 47.4 Å². The first kappa shape index (κ1) is 27.3. The average molecular weight is 566 g/mol. The smallest absolute Gasteiger partial charge is 0.299 e. The van der Waals surface area contributed by atoms with Gasteiger partial charge in [-0.05, 0) is 67.5 Å². The van der Waals surface area contributed by atoms with Crippen LogP contribution in [0.4, 0.5) is 11.4 Å². The van der Waals surface area contributed by atoms with Crippen LogP contribution in [0, 0.1) is 12.8 Å². The van der Waals surface area contributed by atoms with E-state index < -0.39 is 23.6 Å². The van der Waals surface area contributed by atoms with Gasteiger partial charge in [0.05, 0.1) is 11.3 Å². The number of fused-ring (bicyclic) bond motifs is 2. The van der Waals surface area contributed by atoms with E-state index in [1.165, 1.54) is 4.90 Å². The summed E-state index contributed by atoms with van der Waals surface area (Å²) in [7, 11) is 0. The molecule has 0 saturated heterocycles. The van der Waals surface area contributed by atoms with Gasteiger partial charge in [0, 0.05) is 18.3 Å². The van der Waals surface area contributed by atoms with Crippen LogP contribution < -0.4 is 19.7 Å². The standard InChI is InChI=1S/C33H31N3O6/c1-21-9-5-6-12-23(21)18-36(29(37)19-35-26-14-8-7-13-25(26)31(38)33(35)40)30(22-10-3-2-4-11-22)32(39)34-24-15-16-27-28(17-24)42-20-41-27/h2-3,5-9,12-17,22,30H,4,10-11,18-20H2,1H3,(H,34,39)/t22-,30+/m0/s1. The normalized spacial score (nSPS) is 17.6. The Kier molecular flexibility index (Phi) is 7.48. The minimum atomic E-state index is -0.837. The Hall–Kier alpha value is -4.92. The predicted octanol–water partition coefficient (Wildman–Crippen LogP) is 4.65. The van der Waals surface area contributed by atoms with Gasteiger partial charge in [-0.15, -0.1) is 0 Å². The molecule has 0 aromatic heterocycles. The number of para-hydroxylation sites is 1. The molecule has 9 heteroatoms. The number of carbonyl (C=O) groups is 4. The number of hydrogen-bond acceptors (Lipinski definition) is 6. The van der Waals surface area contributed by atoms with Crippen LogP contribution in [0.2, 0.25) is 0 Å². The second kappa shape index (κ2) is 11.5. The molecule has 2 aliphatic heterocycles. The van der Waals surface area contributed by atoms with Gasteiger partial charge in [0.1, 0.15) is 12.6 Å². The molecular formula is C33H31N3O6. The van der Waals surface area contributed by atoms with Gasteiger partial charge in [-0.25, -0.2) is 0 Å². The Morgan fingerprint density at radius 3 is 2.60 bits per heavy atom. The fraction of sp³-hybridized carbons (Fsp3) is 0.273. The molecule has 0 spiro atoms. The van der Waals surface area contributed by atoms with Gasteiger partial charge in [0.25, 0.3) is 11.7 Å². The molecule has 2 atom stereocenters. The highest BCUT2D eigenvalue weighted by Gasteiger charge is 2.41. The van der Waals surface area contributed by atoms with E-state index >= 15 is 0 Å². The molecule has 9 nitrogen and oxygen atoms in total. The molecule has 3 aromatic carbocycles. The SMILES string of the molecule is Cc1ccccc1CN(C(=O)CN1C(=O)C(=O)c2ccccc21)[C@@H](C(=O)Nc1ccc2c(c1)OCO2)[C@H]1CC=CCC1. The molecule has 42 heavy (non-hydrogen) atoms. The molecule has 0 fully saturated rings. The number of aryl methyl sites for hydroxylation is 1. The van der Waals surface area contributed by atoms with Crippen molar-refractivity contribution in [3.05, 3.63) is 95.6 Å². The summed E-state index contributed by atoms with van der Waals surface area (Å²) in [5.41, 5.74) is 3.07. The van der Waals surface area contributed by atoms with E-state index in [2.05, 4.69) is 11.4 Å². The third kappa shape index (κ3) is 5.25. The summed E-state index contributed by atoms with van der Waals surface area (Å²) >= 11 is 0. The number of ether oxygens (including phenoxy) is 2. The molecule has 0 bridgehead atoms. The number of rotatable bonds is 8. The van der Waals surface area contributed by atoms with Gasteiger partial charge < -0.3 is 19.7 Å². The fourth-order valence-corrected chi connectivity index (χ4v) is 5.85. The summed E-state index contributed by atoms with van der Waals surface area (Å²) in [4.78, 5) is 56.8. The fourth-order valence-electron chi connectivity index (χ4n) is 5.85. The van der Waals surface area contributed by atoms with Crippen LogP contribution >= 0.6 is 0 Å². The topological polar surface area (TPSA) is 105 Å². The van der Waals surface area contributed by atoms with Crippen molar-refractivity contribution in [2.75, 3.05) is 23.6 Å². The molecule has 3 amide bonds. The maximum atomic E-state index is 14.3. The van der Waals surface area contributed by atoms with Crippen molar-refractivity contribution in [2.24, 2.45) is 5.92 Å². The lowest BCUT2D eigenvalue weighted by atomic mass is 9.85. The Bertz CT molecular complexity index is 1600. The summed E-state index contributed by atoms with van der Waals surface area (Å²) in [5.74, 6) is -1.16. The Morgan fingerprint density at radius 1 is 1.00 bits per heavy atom. The molecule has 0 unspecified atom stereocenters. The minimum absolute atomic E-state index is 0.114.